The molecule has 3 heteroatoms. The Morgan fingerprint density at radius 3 is 3.00 bits per heavy atom. The SMILES string of the molecule is OC1=CN=COc2ccccc21. The van der Waals surface area contributed by atoms with E-state index in [1.807, 2.05) is 12.1 Å². The summed E-state index contributed by atoms with van der Waals surface area (Å²) in [5.74, 6) is 0.742. The van der Waals surface area contributed by atoms with E-state index in [1.165, 1.54) is 12.6 Å². The molecular formula is C9H7NO2. The Morgan fingerprint density at radius 2 is 2.08 bits per heavy atom. The average molecular weight is 161 g/mol. The summed E-state index contributed by atoms with van der Waals surface area (Å²) in [4.78, 5) is 3.71. The number of hydrogen-bond donors (Lipinski definition) is 1. The lowest BCUT2D eigenvalue weighted by Gasteiger charge is -2.02. The molecule has 0 spiro atoms. The molecule has 0 fully saturated rings. The second-order valence-electron chi connectivity index (χ2n) is 2.38. The van der Waals surface area contributed by atoms with Crippen LogP contribution in [0.4, 0.5) is 0 Å². The second-order valence-corrected chi connectivity index (χ2v) is 2.38. The number of aliphatic hydroxyl groups excluding tert-OH is 1. The van der Waals surface area contributed by atoms with Crippen LogP contribution in [-0.2, 0) is 0 Å². The van der Waals surface area contributed by atoms with Crippen LogP contribution < -0.4 is 4.74 Å². The number of para-hydroxylation sites is 1. The van der Waals surface area contributed by atoms with E-state index in [0.29, 0.717) is 11.3 Å². The monoisotopic (exact) mass is 161 g/mol. The molecule has 1 aliphatic heterocycles. The van der Waals surface area contributed by atoms with Gasteiger partial charge in [0.05, 0.1) is 11.8 Å². The third kappa shape index (κ3) is 1.05. The molecule has 1 aromatic rings. The van der Waals surface area contributed by atoms with Crippen molar-refractivity contribution in [3.8, 4) is 5.75 Å². The van der Waals surface area contributed by atoms with Crippen molar-refractivity contribution in [1.82, 2.24) is 0 Å². The molecule has 1 heterocycles. The van der Waals surface area contributed by atoms with Gasteiger partial charge >= 0.3 is 0 Å². The van der Waals surface area contributed by atoms with Gasteiger partial charge in [0.1, 0.15) is 11.5 Å². The molecule has 1 aromatic carbocycles. The summed E-state index contributed by atoms with van der Waals surface area (Å²) in [6.07, 6.45) is 2.65. The number of benzene rings is 1. The summed E-state index contributed by atoms with van der Waals surface area (Å²) in [5, 5.41) is 9.41. The van der Waals surface area contributed by atoms with E-state index in [9.17, 15) is 5.11 Å². The molecule has 0 aromatic heterocycles. The van der Waals surface area contributed by atoms with Crippen LogP contribution >= 0.6 is 0 Å². The van der Waals surface area contributed by atoms with E-state index in [1.54, 1.807) is 12.1 Å². The molecule has 0 atom stereocenters. The van der Waals surface area contributed by atoms with Gasteiger partial charge in [-0.2, -0.15) is 0 Å². The van der Waals surface area contributed by atoms with Crippen molar-refractivity contribution in [2.45, 2.75) is 0 Å². The molecule has 0 saturated heterocycles. The highest BCUT2D eigenvalue weighted by Crippen LogP contribution is 2.24. The van der Waals surface area contributed by atoms with Crippen molar-refractivity contribution < 1.29 is 9.84 Å². The largest absolute Gasteiger partial charge is 0.506 e. The van der Waals surface area contributed by atoms with Crippen LogP contribution in [0, 0.1) is 0 Å². The van der Waals surface area contributed by atoms with E-state index >= 15 is 0 Å². The highest BCUT2D eigenvalue weighted by atomic mass is 16.5. The predicted molar refractivity (Wildman–Crippen MR) is 46.2 cm³/mol. The highest BCUT2D eigenvalue weighted by molar-refractivity contribution is 5.70. The van der Waals surface area contributed by atoms with Crippen LogP contribution in [0.1, 0.15) is 5.56 Å². The minimum Gasteiger partial charge on any atom is -0.506 e. The molecule has 0 amide bonds. The summed E-state index contributed by atoms with van der Waals surface area (Å²) < 4.78 is 5.12. The summed E-state index contributed by atoms with van der Waals surface area (Å²) in [6, 6.07) is 7.22. The van der Waals surface area contributed by atoms with Gasteiger partial charge in [0.15, 0.2) is 6.40 Å². The summed E-state index contributed by atoms with van der Waals surface area (Å²) in [6.45, 7) is 0. The van der Waals surface area contributed by atoms with Gasteiger partial charge in [-0.3, -0.25) is 0 Å². The Hall–Kier alpha value is -1.77. The zero-order chi connectivity index (χ0) is 8.39. The van der Waals surface area contributed by atoms with Crippen molar-refractivity contribution in [3.63, 3.8) is 0 Å². The van der Waals surface area contributed by atoms with Crippen LogP contribution in [0.3, 0.4) is 0 Å². The standard InChI is InChI=1S/C9H7NO2/c11-8-5-10-6-12-9-4-2-1-3-7(8)9/h1-6,11H. The lowest BCUT2D eigenvalue weighted by Crippen LogP contribution is -1.90. The molecule has 3 nitrogen and oxygen atoms in total. The van der Waals surface area contributed by atoms with Crippen molar-refractivity contribution in [2.24, 2.45) is 4.99 Å². The zero-order valence-corrected chi connectivity index (χ0v) is 6.27. The Labute approximate surface area is 69.6 Å². The summed E-state index contributed by atoms with van der Waals surface area (Å²) >= 11 is 0. The first-order chi connectivity index (χ1) is 5.88. The fourth-order valence-corrected chi connectivity index (χ4v) is 1.04. The molecule has 0 unspecified atom stereocenters. The van der Waals surface area contributed by atoms with Crippen LogP contribution in [0.15, 0.2) is 35.5 Å². The fourth-order valence-electron chi connectivity index (χ4n) is 1.04. The molecule has 12 heavy (non-hydrogen) atoms. The lowest BCUT2D eigenvalue weighted by molar-refractivity contribution is 0.505. The molecular weight excluding hydrogens is 154 g/mol. The molecule has 0 aliphatic carbocycles. The molecule has 0 radical (unpaired) electrons. The van der Waals surface area contributed by atoms with E-state index in [0.717, 1.165) is 0 Å². The van der Waals surface area contributed by atoms with Gasteiger partial charge in [-0.05, 0) is 12.1 Å². The third-order valence-corrected chi connectivity index (χ3v) is 1.60. The summed E-state index contributed by atoms with van der Waals surface area (Å²) in [5.41, 5.74) is 0.662. The van der Waals surface area contributed by atoms with Gasteiger partial charge in [-0.15, -0.1) is 0 Å². The first kappa shape index (κ1) is 6.91. The number of rotatable bonds is 0. The molecule has 0 saturated carbocycles. The number of fused-ring (bicyclic) bond motifs is 1. The van der Waals surface area contributed by atoms with Gasteiger partial charge < -0.3 is 9.84 Å². The average Bonchev–Trinajstić information content (AvgIpc) is 2.29. The van der Waals surface area contributed by atoms with Crippen molar-refractivity contribution in [2.75, 3.05) is 0 Å². The molecule has 1 aliphatic rings. The van der Waals surface area contributed by atoms with Crippen LogP contribution in [0.2, 0.25) is 0 Å². The first-order valence-electron chi connectivity index (χ1n) is 3.55. The smallest absolute Gasteiger partial charge is 0.181 e. The fraction of sp³-hybridized carbons (Fsp3) is 0. The van der Waals surface area contributed by atoms with Crippen LogP contribution in [-0.4, -0.2) is 11.5 Å². The molecule has 0 bridgehead atoms. The maximum absolute atomic E-state index is 9.41. The van der Waals surface area contributed by atoms with Gasteiger partial charge in [0.25, 0.3) is 0 Å². The first-order valence-corrected chi connectivity index (χ1v) is 3.55. The minimum absolute atomic E-state index is 0.124. The van der Waals surface area contributed by atoms with Crippen molar-refractivity contribution in [1.29, 1.82) is 0 Å². The topological polar surface area (TPSA) is 41.8 Å². The normalized spacial score (nSPS) is 14.2. The van der Waals surface area contributed by atoms with Crippen LogP contribution in [0.25, 0.3) is 5.76 Å². The zero-order valence-electron chi connectivity index (χ0n) is 6.27. The number of aliphatic imine (C=N–C) groups is 1. The van der Waals surface area contributed by atoms with Gasteiger partial charge in [0.2, 0.25) is 0 Å². The number of hydrogen-bond acceptors (Lipinski definition) is 3. The van der Waals surface area contributed by atoms with Crippen molar-refractivity contribution in [3.05, 3.63) is 36.0 Å². The van der Waals surface area contributed by atoms with Gasteiger partial charge in [-0.1, -0.05) is 12.1 Å². The molecule has 2 rings (SSSR count). The maximum atomic E-state index is 9.41. The number of aliphatic hydroxyl groups is 1. The Kier molecular flexibility index (Phi) is 1.55. The van der Waals surface area contributed by atoms with Crippen molar-refractivity contribution >= 4 is 12.2 Å². The quantitative estimate of drug-likeness (QED) is 0.632. The Morgan fingerprint density at radius 1 is 1.25 bits per heavy atom. The van der Waals surface area contributed by atoms with Gasteiger partial charge in [-0.25, -0.2) is 4.99 Å². The predicted octanol–water partition coefficient (Wildman–Crippen LogP) is 1.96. The highest BCUT2D eigenvalue weighted by Gasteiger charge is 2.07. The van der Waals surface area contributed by atoms with E-state index < -0.39 is 0 Å². The third-order valence-electron chi connectivity index (χ3n) is 1.60. The van der Waals surface area contributed by atoms with E-state index in [2.05, 4.69) is 4.99 Å². The summed E-state index contributed by atoms with van der Waals surface area (Å²) in [7, 11) is 0. The Balaban J connectivity index is 2.58. The maximum Gasteiger partial charge on any atom is 0.181 e. The number of ether oxygens (including phenoxy) is 1. The Bertz CT molecular complexity index is 355. The minimum atomic E-state index is 0.124. The van der Waals surface area contributed by atoms with Crippen LogP contribution in [0.5, 0.6) is 5.75 Å². The second kappa shape index (κ2) is 2.70. The molecule has 60 valence electrons. The van der Waals surface area contributed by atoms with Gasteiger partial charge in [0, 0.05) is 0 Å². The molecule has 1 N–H and O–H groups in total. The number of nitrogens with zero attached hydrogens (tertiary/aromatic N) is 1. The van der Waals surface area contributed by atoms with E-state index in [4.69, 9.17) is 4.74 Å². The van der Waals surface area contributed by atoms with E-state index in [-0.39, 0.29) is 5.76 Å². The lowest BCUT2D eigenvalue weighted by atomic mass is 10.2.